The lowest BCUT2D eigenvalue weighted by Gasteiger charge is -2.32. The number of piperazine rings is 2. The number of benzene rings is 2. The summed E-state index contributed by atoms with van der Waals surface area (Å²) in [4.78, 5) is 9.82. The Balaban J connectivity index is 1.30. The van der Waals surface area contributed by atoms with Crippen molar-refractivity contribution < 1.29 is 0 Å². The number of hydrogen-bond acceptors (Lipinski definition) is 8. The van der Waals surface area contributed by atoms with Gasteiger partial charge in [-0.15, -0.1) is 10.2 Å². The molecule has 0 amide bonds. The maximum Gasteiger partial charge on any atom is 0.156 e. The van der Waals surface area contributed by atoms with Gasteiger partial charge in [-0.3, -0.25) is 9.80 Å². The molecule has 182 valence electrons. The van der Waals surface area contributed by atoms with Gasteiger partial charge in [0.2, 0.25) is 0 Å². The van der Waals surface area contributed by atoms with E-state index in [4.69, 9.17) is 0 Å². The van der Waals surface area contributed by atoms with Crippen LogP contribution in [0.1, 0.15) is 0 Å². The number of nitrogens with one attached hydrogen (secondary N) is 2. The summed E-state index contributed by atoms with van der Waals surface area (Å²) in [6, 6.07) is 13.0. The van der Waals surface area contributed by atoms with Gasteiger partial charge >= 0.3 is 0 Å². The lowest BCUT2D eigenvalue weighted by Crippen LogP contribution is -2.45. The average Bonchev–Trinajstić information content (AvgIpc) is 2.86. The molecular weight excluding hydrogens is 424 g/mol. The number of rotatable bonds is 8. The molecular formula is C26H38N8. The van der Waals surface area contributed by atoms with Crippen LogP contribution >= 0.6 is 0 Å². The molecule has 2 saturated heterocycles. The number of aromatic nitrogens is 2. The minimum Gasteiger partial charge on any atom is -0.367 e. The van der Waals surface area contributed by atoms with Gasteiger partial charge in [-0.2, -0.15) is 0 Å². The Bertz CT molecular complexity index is 1000. The molecule has 0 spiro atoms. The van der Waals surface area contributed by atoms with Crippen molar-refractivity contribution in [3.8, 4) is 0 Å². The number of hydrogen-bond donors (Lipinski definition) is 2. The van der Waals surface area contributed by atoms with Crippen LogP contribution in [0.4, 0.5) is 11.6 Å². The van der Waals surface area contributed by atoms with Crippen LogP contribution in [-0.4, -0.2) is 122 Å². The van der Waals surface area contributed by atoms with Crippen molar-refractivity contribution in [3.63, 3.8) is 0 Å². The number of anilines is 2. The summed E-state index contributed by atoms with van der Waals surface area (Å²) < 4.78 is 0. The van der Waals surface area contributed by atoms with Crippen LogP contribution in [0.2, 0.25) is 0 Å². The Kier molecular flexibility index (Phi) is 7.39. The highest BCUT2D eigenvalue weighted by molar-refractivity contribution is 6.06. The van der Waals surface area contributed by atoms with Crippen LogP contribution in [-0.2, 0) is 0 Å². The summed E-state index contributed by atoms with van der Waals surface area (Å²) in [6.45, 7) is 12.9. The predicted octanol–water partition coefficient (Wildman–Crippen LogP) is 2.10. The third kappa shape index (κ3) is 5.58. The van der Waals surface area contributed by atoms with Gasteiger partial charge in [0.1, 0.15) is 0 Å². The minimum atomic E-state index is 0.872. The SMILES string of the molecule is CN1CCN(CCNc2nnc(NCCN3CCN(C)CC3)c3cc4ccccc4cc23)CC1. The standard InChI is InChI=1S/C26H38N8/c1-31-11-15-33(16-12-31)9-7-27-25-23-19-21-5-3-4-6-22(21)20-24(23)26(30-29-25)28-8-10-34-17-13-32(2)14-18-34/h3-6,19-20H,7-18H2,1-2H3,(H,27,29)(H,28,30). The first-order valence-corrected chi connectivity index (χ1v) is 12.6. The molecule has 2 aliphatic rings. The molecule has 5 rings (SSSR count). The lowest BCUT2D eigenvalue weighted by molar-refractivity contribution is 0.158. The van der Waals surface area contributed by atoms with E-state index in [-0.39, 0.29) is 0 Å². The quantitative estimate of drug-likeness (QED) is 0.494. The predicted molar refractivity (Wildman–Crippen MR) is 142 cm³/mol. The third-order valence-corrected chi connectivity index (χ3v) is 7.28. The van der Waals surface area contributed by atoms with Crippen molar-refractivity contribution in [3.05, 3.63) is 36.4 Å². The van der Waals surface area contributed by atoms with Crippen molar-refractivity contribution in [2.45, 2.75) is 0 Å². The summed E-state index contributed by atoms with van der Waals surface area (Å²) in [5, 5.41) is 21.1. The molecule has 0 atom stereocenters. The largest absolute Gasteiger partial charge is 0.367 e. The molecule has 3 aromatic rings. The highest BCUT2D eigenvalue weighted by Crippen LogP contribution is 2.30. The fourth-order valence-electron chi connectivity index (χ4n) is 4.91. The molecule has 0 saturated carbocycles. The monoisotopic (exact) mass is 462 g/mol. The van der Waals surface area contributed by atoms with E-state index < -0.39 is 0 Å². The second-order valence-electron chi connectivity index (χ2n) is 9.79. The van der Waals surface area contributed by atoms with E-state index in [1.807, 2.05) is 0 Å². The molecule has 2 fully saturated rings. The maximum absolute atomic E-state index is 4.61. The van der Waals surface area contributed by atoms with E-state index in [2.05, 4.69) is 90.9 Å². The summed E-state index contributed by atoms with van der Waals surface area (Å²) in [6.07, 6.45) is 0. The van der Waals surface area contributed by atoms with Crippen molar-refractivity contribution >= 4 is 33.2 Å². The van der Waals surface area contributed by atoms with Crippen LogP contribution in [0.15, 0.2) is 36.4 Å². The van der Waals surface area contributed by atoms with Gasteiger partial charge in [-0.1, -0.05) is 24.3 Å². The van der Waals surface area contributed by atoms with E-state index in [9.17, 15) is 0 Å². The molecule has 2 aliphatic heterocycles. The summed E-state index contributed by atoms with van der Waals surface area (Å²) >= 11 is 0. The van der Waals surface area contributed by atoms with Gasteiger partial charge in [0.15, 0.2) is 11.6 Å². The Morgan fingerprint density at radius 1 is 0.647 bits per heavy atom. The molecule has 0 unspecified atom stereocenters. The van der Waals surface area contributed by atoms with Crippen LogP contribution < -0.4 is 10.6 Å². The van der Waals surface area contributed by atoms with Crippen molar-refractivity contribution in [2.75, 3.05) is 103 Å². The molecule has 1 aromatic heterocycles. The first-order chi connectivity index (χ1) is 16.7. The number of fused-ring (bicyclic) bond motifs is 2. The fourth-order valence-corrected chi connectivity index (χ4v) is 4.91. The van der Waals surface area contributed by atoms with Crippen molar-refractivity contribution in [2.24, 2.45) is 0 Å². The Morgan fingerprint density at radius 2 is 1.06 bits per heavy atom. The highest BCUT2D eigenvalue weighted by Gasteiger charge is 2.16. The lowest BCUT2D eigenvalue weighted by atomic mass is 10.0. The zero-order valence-electron chi connectivity index (χ0n) is 20.6. The number of likely N-dealkylation sites (N-methyl/N-ethyl adjacent to an activating group) is 2. The smallest absolute Gasteiger partial charge is 0.156 e. The minimum absolute atomic E-state index is 0.872. The zero-order valence-corrected chi connectivity index (χ0v) is 20.6. The molecule has 8 nitrogen and oxygen atoms in total. The summed E-state index contributed by atoms with van der Waals surface area (Å²) in [5.74, 6) is 1.75. The Hall–Kier alpha value is -2.52. The van der Waals surface area contributed by atoms with Crippen LogP contribution in [0.5, 0.6) is 0 Å². The van der Waals surface area contributed by atoms with Gasteiger partial charge in [-0.25, -0.2) is 0 Å². The molecule has 34 heavy (non-hydrogen) atoms. The van der Waals surface area contributed by atoms with Crippen LogP contribution in [0, 0.1) is 0 Å². The third-order valence-electron chi connectivity index (χ3n) is 7.28. The van der Waals surface area contributed by atoms with Crippen LogP contribution in [0.25, 0.3) is 21.5 Å². The summed E-state index contributed by atoms with van der Waals surface area (Å²) in [5.41, 5.74) is 0. The highest BCUT2D eigenvalue weighted by atomic mass is 15.3. The molecule has 3 heterocycles. The second kappa shape index (κ2) is 10.8. The molecule has 8 heteroatoms. The molecule has 0 radical (unpaired) electrons. The van der Waals surface area contributed by atoms with Gasteiger partial charge < -0.3 is 20.4 Å². The van der Waals surface area contributed by atoms with Crippen molar-refractivity contribution in [1.82, 2.24) is 29.8 Å². The van der Waals surface area contributed by atoms with Gasteiger partial charge in [0, 0.05) is 89.3 Å². The average molecular weight is 463 g/mol. The first-order valence-electron chi connectivity index (χ1n) is 12.6. The first kappa shape index (κ1) is 23.2. The summed E-state index contributed by atoms with van der Waals surface area (Å²) in [7, 11) is 4.39. The number of nitrogens with zero attached hydrogens (tertiary/aromatic N) is 6. The normalized spacial score (nSPS) is 19.1. The zero-order chi connectivity index (χ0) is 23.3. The van der Waals surface area contributed by atoms with E-state index in [0.29, 0.717) is 0 Å². The van der Waals surface area contributed by atoms with Crippen LogP contribution in [0.3, 0.4) is 0 Å². The van der Waals surface area contributed by atoms with Gasteiger partial charge in [0.25, 0.3) is 0 Å². The fraction of sp³-hybridized carbons (Fsp3) is 0.538. The van der Waals surface area contributed by atoms with E-state index in [0.717, 1.165) is 101 Å². The van der Waals surface area contributed by atoms with E-state index in [1.165, 1.54) is 10.8 Å². The van der Waals surface area contributed by atoms with E-state index in [1.54, 1.807) is 0 Å². The maximum atomic E-state index is 4.61. The molecule has 2 N–H and O–H groups in total. The van der Waals surface area contributed by atoms with Gasteiger partial charge in [-0.05, 0) is 37.0 Å². The van der Waals surface area contributed by atoms with E-state index >= 15 is 0 Å². The Labute approximate surface area is 202 Å². The Morgan fingerprint density at radius 3 is 1.47 bits per heavy atom. The molecule has 2 aromatic carbocycles. The van der Waals surface area contributed by atoms with Gasteiger partial charge in [0.05, 0.1) is 0 Å². The van der Waals surface area contributed by atoms with Crippen molar-refractivity contribution in [1.29, 1.82) is 0 Å². The molecule has 0 aliphatic carbocycles. The molecule has 0 bridgehead atoms. The topological polar surface area (TPSA) is 62.8 Å². The second-order valence-corrected chi connectivity index (χ2v) is 9.79.